The summed E-state index contributed by atoms with van der Waals surface area (Å²) < 4.78 is 10.2. The van der Waals surface area contributed by atoms with Gasteiger partial charge in [0.2, 0.25) is 5.91 Å². The van der Waals surface area contributed by atoms with Gasteiger partial charge >= 0.3 is 11.9 Å². The van der Waals surface area contributed by atoms with E-state index in [0.717, 1.165) is 0 Å². The Hall–Kier alpha value is -4.40. The number of hydrogen-bond donors (Lipinski definition) is 2. The van der Waals surface area contributed by atoms with Crippen LogP contribution in [0.25, 0.3) is 0 Å². The van der Waals surface area contributed by atoms with Gasteiger partial charge in [0.05, 0.1) is 19.3 Å². The van der Waals surface area contributed by atoms with E-state index in [0.29, 0.717) is 34.6 Å². The molecule has 0 bridgehead atoms. The molecule has 0 fully saturated rings. The van der Waals surface area contributed by atoms with Gasteiger partial charge in [-0.25, -0.2) is 9.59 Å². The summed E-state index contributed by atoms with van der Waals surface area (Å²) in [6.07, 6.45) is 0.604. The van der Waals surface area contributed by atoms with Crippen LogP contribution >= 0.6 is 0 Å². The molecular formula is C29H29N3O6. The summed E-state index contributed by atoms with van der Waals surface area (Å²) in [6.45, 7) is 5.91. The van der Waals surface area contributed by atoms with Gasteiger partial charge in [-0.2, -0.15) is 0 Å². The summed E-state index contributed by atoms with van der Waals surface area (Å²) >= 11 is 0. The topological polar surface area (TPSA) is 128 Å². The minimum atomic E-state index is -1.75. The predicted octanol–water partition coefficient (Wildman–Crippen LogP) is 3.56. The molecule has 0 radical (unpaired) electrons. The number of allylic oxidation sites excluding steroid dienone is 1. The third-order valence-electron chi connectivity index (χ3n) is 7.32. The Kier molecular flexibility index (Phi) is 5.89. The Morgan fingerprint density at radius 3 is 2.37 bits per heavy atom. The number of nitrogens with two attached hydrogens (primary N) is 1. The number of fused-ring (bicyclic) bond motifs is 3. The molecule has 0 saturated carbocycles. The number of esters is 2. The van der Waals surface area contributed by atoms with E-state index in [1.54, 1.807) is 60.4 Å². The molecule has 196 valence electrons. The van der Waals surface area contributed by atoms with Gasteiger partial charge in [-0.3, -0.25) is 14.5 Å². The number of para-hydroxylation sites is 1. The lowest BCUT2D eigenvalue weighted by Gasteiger charge is -2.47. The number of carbonyl (C=O) groups excluding carboxylic acids is 4. The van der Waals surface area contributed by atoms with Gasteiger partial charge in [-0.05, 0) is 49.1 Å². The summed E-state index contributed by atoms with van der Waals surface area (Å²) in [5.74, 6) is -2.07. The van der Waals surface area contributed by atoms with Crippen molar-refractivity contribution in [3.05, 3.63) is 82.3 Å². The van der Waals surface area contributed by atoms with E-state index < -0.39 is 28.7 Å². The fourth-order valence-electron chi connectivity index (χ4n) is 5.85. The standard InChI is InChI=1S/C29H29N3O6/c1-5-38-25(34)16-10-12-17(13-11-16)32-20-14-28(2,3)15-21(33)22(20)29(23(24(32)30)26(35)37-4)18-8-6-7-9-19(18)31-27(29)36/h6-13H,5,14-15,30H2,1-4H3,(H,31,36). The van der Waals surface area contributed by atoms with E-state index >= 15 is 0 Å². The second-order valence-electron chi connectivity index (χ2n) is 10.4. The van der Waals surface area contributed by atoms with Crippen LogP contribution in [0.3, 0.4) is 0 Å². The summed E-state index contributed by atoms with van der Waals surface area (Å²) in [6, 6.07) is 13.5. The molecule has 2 aromatic rings. The van der Waals surface area contributed by atoms with E-state index in [2.05, 4.69) is 5.32 Å². The van der Waals surface area contributed by atoms with Crippen molar-refractivity contribution in [3.8, 4) is 0 Å². The molecule has 3 aliphatic rings. The first-order valence-corrected chi connectivity index (χ1v) is 12.4. The SMILES string of the molecule is CCOC(=O)c1ccc(N2C(N)=C(C(=O)OC)C3(C(=O)Nc4ccccc43)C3=C2CC(C)(C)CC3=O)cc1. The number of Topliss-reactive ketones (excluding diaryl/α,β-unsaturated/α-hetero) is 1. The Balaban J connectivity index is 1.82. The van der Waals surface area contributed by atoms with Crippen molar-refractivity contribution in [2.24, 2.45) is 11.1 Å². The number of nitrogens with one attached hydrogen (secondary N) is 1. The van der Waals surface area contributed by atoms with E-state index in [1.807, 2.05) is 13.8 Å². The van der Waals surface area contributed by atoms with Gasteiger partial charge in [-0.15, -0.1) is 0 Å². The summed E-state index contributed by atoms with van der Waals surface area (Å²) in [4.78, 5) is 55.2. The molecule has 1 unspecified atom stereocenters. The van der Waals surface area contributed by atoms with E-state index in [1.165, 1.54) is 7.11 Å². The number of rotatable bonds is 4. The molecule has 1 amide bonds. The number of nitrogens with zero attached hydrogens (tertiary/aromatic N) is 1. The van der Waals surface area contributed by atoms with Crippen LogP contribution in [-0.2, 0) is 29.3 Å². The van der Waals surface area contributed by atoms with E-state index in [4.69, 9.17) is 15.2 Å². The second kappa shape index (κ2) is 8.86. The molecular weight excluding hydrogens is 486 g/mol. The van der Waals surface area contributed by atoms with Gasteiger partial charge in [0.15, 0.2) is 5.78 Å². The lowest BCUT2D eigenvalue weighted by molar-refractivity contribution is -0.138. The van der Waals surface area contributed by atoms with Crippen LogP contribution in [0, 0.1) is 5.41 Å². The lowest BCUT2D eigenvalue weighted by Crippen LogP contribution is -2.54. The Morgan fingerprint density at radius 1 is 1.03 bits per heavy atom. The zero-order valence-corrected chi connectivity index (χ0v) is 21.7. The van der Waals surface area contributed by atoms with E-state index in [9.17, 15) is 19.2 Å². The van der Waals surface area contributed by atoms with Gasteiger partial charge < -0.3 is 20.5 Å². The van der Waals surface area contributed by atoms with Crippen molar-refractivity contribution in [1.29, 1.82) is 0 Å². The van der Waals surface area contributed by atoms with Crippen LogP contribution in [0.2, 0.25) is 0 Å². The summed E-state index contributed by atoms with van der Waals surface area (Å²) in [5, 5.41) is 2.86. The maximum atomic E-state index is 14.0. The third-order valence-corrected chi connectivity index (χ3v) is 7.32. The van der Waals surface area contributed by atoms with Gasteiger partial charge in [0.25, 0.3) is 0 Å². The molecule has 2 aliphatic heterocycles. The zero-order chi connectivity index (χ0) is 27.4. The first-order valence-electron chi connectivity index (χ1n) is 12.4. The smallest absolute Gasteiger partial charge is 0.339 e. The van der Waals surface area contributed by atoms with Crippen LogP contribution in [0.5, 0.6) is 0 Å². The second-order valence-corrected chi connectivity index (χ2v) is 10.4. The molecule has 2 aromatic carbocycles. The maximum Gasteiger partial charge on any atom is 0.339 e. The van der Waals surface area contributed by atoms with Crippen LogP contribution < -0.4 is 16.0 Å². The number of anilines is 2. The summed E-state index contributed by atoms with van der Waals surface area (Å²) in [5.41, 5.74) is 7.07. The molecule has 1 atom stereocenters. The lowest BCUT2D eigenvalue weighted by atomic mass is 9.60. The summed E-state index contributed by atoms with van der Waals surface area (Å²) in [7, 11) is 1.21. The molecule has 3 N–H and O–H groups in total. The molecule has 2 heterocycles. The molecule has 0 aromatic heterocycles. The third kappa shape index (κ3) is 3.53. The Labute approximate surface area is 220 Å². The number of amides is 1. The molecule has 9 heteroatoms. The molecule has 9 nitrogen and oxygen atoms in total. The first kappa shape index (κ1) is 25.3. The molecule has 38 heavy (non-hydrogen) atoms. The average molecular weight is 516 g/mol. The minimum absolute atomic E-state index is 0.0168. The fourth-order valence-corrected chi connectivity index (χ4v) is 5.85. The van der Waals surface area contributed by atoms with Crippen molar-refractivity contribution in [2.45, 2.75) is 39.0 Å². The molecule has 0 saturated heterocycles. The van der Waals surface area contributed by atoms with Crippen molar-refractivity contribution < 1.29 is 28.7 Å². The monoisotopic (exact) mass is 515 g/mol. The highest BCUT2D eigenvalue weighted by Crippen LogP contribution is 2.57. The Bertz CT molecular complexity index is 1450. The van der Waals surface area contributed by atoms with Crippen LogP contribution in [-0.4, -0.2) is 37.3 Å². The maximum absolute atomic E-state index is 14.0. The van der Waals surface area contributed by atoms with Crippen LogP contribution in [0.1, 0.15) is 49.5 Å². The number of methoxy groups -OCH3 is 1. The predicted molar refractivity (Wildman–Crippen MR) is 140 cm³/mol. The quantitative estimate of drug-likeness (QED) is 0.592. The molecule has 5 rings (SSSR count). The number of ketones is 1. The zero-order valence-electron chi connectivity index (χ0n) is 21.7. The average Bonchev–Trinajstić information content (AvgIpc) is 3.15. The minimum Gasteiger partial charge on any atom is -0.466 e. The highest BCUT2D eigenvalue weighted by atomic mass is 16.5. The highest BCUT2D eigenvalue weighted by Gasteiger charge is 2.62. The molecule has 1 spiro atoms. The number of ether oxygens (including phenoxy) is 2. The van der Waals surface area contributed by atoms with Crippen molar-refractivity contribution in [2.75, 3.05) is 23.9 Å². The van der Waals surface area contributed by atoms with E-state index in [-0.39, 0.29) is 35.8 Å². The fraction of sp³-hybridized carbons (Fsp3) is 0.310. The van der Waals surface area contributed by atoms with Crippen LogP contribution in [0.15, 0.2) is 71.2 Å². The van der Waals surface area contributed by atoms with Gasteiger partial charge in [0.1, 0.15) is 16.8 Å². The van der Waals surface area contributed by atoms with Crippen molar-refractivity contribution in [3.63, 3.8) is 0 Å². The first-order chi connectivity index (χ1) is 18.1. The number of hydrogen-bond acceptors (Lipinski definition) is 8. The highest BCUT2D eigenvalue weighted by molar-refractivity contribution is 6.23. The van der Waals surface area contributed by atoms with Crippen molar-refractivity contribution >= 4 is 35.0 Å². The number of carbonyl (C=O) groups is 4. The van der Waals surface area contributed by atoms with Crippen molar-refractivity contribution in [1.82, 2.24) is 0 Å². The Morgan fingerprint density at radius 2 is 1.71 bits per heavy atom. The van der Waals surface area contributed by atoms with Gasteiger partial charge in [0, 0.05) is 34.6 Å². The normalized spacial score (nSPS) is 21.7. The number of benzene rings is 2. The van der Waals surface area contributed by atoms with Gasteiger partial charge in [-0.1, -0.05) is 32.0 Å². The van der Waals surface area contributed by atoms with Crippen LogP contribution in [0.4, 0.5) is 11.4 Å². The molecule has 1 aliphatic carbocycles. The largest absolute Gasteiger partial charge is 0.466 e.